The number of nitrogens with one attached hydrogen (secondary N) is 1. The number of hydrogen-bond donors (Lipinski definition) is 1. The summed E-state index contributed by atoms with van der Waals surface area (Å²) in [6.45, 7) is 10.5. The molecule has 0 saturated heterocycles. The molecule has 0 atom stereocenters. The molecule has 0 unspecified atom stereocenters. The summed E-state index contributed by atoms with van der Waals surface area (Å²) in [4.78, 5) is 27.4. The predicted molar refractivity (Wildman–Crippen MR) is 115 cm³/mol. The standard InChI is InChI=1S/C24H28N2O3/c1-15(2)14-29-20-12-8-18(9-13-20)21-22(24(28)26(16(3)4)23(21)27)25-19-10-6-17(5)7-11-19/h6-13,15-16,25H,14H2,1-5H3. The van der Waals surface area contributed by atoms with Crippen molar-refractivity contribution in [1.82, 2.24) is 4.90 Å². The molecule has 0 saturated carbocycles. The molecule has 29 heavy (non-hydrogen) atoms. The van der Waals surface area contributed by atoms with E-state index < -0.39 is 0 Å². The molecule has 3 rings (SSSR count). The monoisotopic (exact) mass is 392 g/mol. The van der Waals surface area contributed by atoms with Crippen molar-refractivity contribution in [2.45, 2.75) is 40.7 Å². The highest BCUT2D eigenvalue weighted by Gasteiger charge is 2.40. The first-order chi connectivity index (χ1) is 13.8. The van der Waals surface area contributed by atoms with Crippen molar-refractivity contribution in [3.8, 4) is 5.75 Å². The van der Waals surface area contributed by atoms with E-state index in [1.165, 1.54) is 4.90 Å². The minimum atomic E-state index is -0.305. The molecule has 0 aliphatic carbocycles. The molecule has 1 aliphatic heterocycles. The molecular formula is C24H28N2O3. The Labute approximate surface area is 172 Å². The first kappa shape index (κ1) is 20.6. The Morgan fingerprint density at radius 2 is 1.52 bits per heavy atom. The van der Waals surface area contributed by atoms with Gasteiger partial charge in [-0.15, -0.1) is 0 Å². The van der Waals surface area contributed by atoms with Crippen molar-refractivity contribution in [2.24, 2.45) is 5.92 Å². The van der Waals surface area contributed by atoms with Gasteiger partial charge >= 0.3 is 0 Å². The molecule has 1 aliphatic rings. The highest BCUT2D eigenvalue weighted by Crippen LogP contribution is 2.32. The van der Waals surface area contributed by atoms with Gasteiger partial charge in [-0.25, -0.2) is 0 Å². The third kappa shape index (κ3) is 4.50. The zero-order valence-corrected chi connectivity index (χ0v) is 17.7. The number of carbonyl (C=O) groups is 2. The SMILES string of the molecule is Cc1ccc(NC2=C(c3ccc(OCC(C)C)cc3)C(=O)N(C(C)C)C2=O)cc1. The molecule has 5 heteroatoms. The molecule has 152 valence electrons. The van der Waals surface area contributed by atoms with Crippen molar-refractivity contribution in [3.63, 3.8) is 0 Å². The minimum absolute atomic E-state index is 0.226. The Kier molecular flexibility index (Phi) is 6.06. The number of imide groups is 1. The van der Waals surface area contributed by atoms with Gasteiger partial charge in [-0.2, -0.15) is 0 Å². The van der Waals surface area contributed by atoms with E-state index in [1.54, 1.807) is 0 Å². The average Bonchev–Trinajstić information content (AvgIpc) is 2.92. The van der Waals surface area contributed by atoms with E-state index in [9.17, 15) is 9.59 Å². The third-order valence-electron chi connectivity index (χ3n) is 4.68. The zero-order valence-electron chi connectivity index (χ0n) is 17.7. The minimum Gasteiger partial charge on any atom is -0.493 e. The lowest BCUT2D eigenvalue weighted by atomic mass is 10.0. The van der Waals surface area contributed by atoms with Crippen LogP contribution in [0.2, 0.25) is 0 Å². The molecule has 0 radical (unpaired) electrons. The summed E-state index contributed by atoms with van der Waals surface area (Å²) in [5, 5.41) is 3.17. The summed E-state index contributed by atoms with van der Waals surface area (Å²) in [6, 6.07) is 14.8. The molecule has 2 aromatic rings. The summed E-state index contributed by atoms with van der Waals surface area (Å²) < 4.78 is 5.73. The van der Waals surface area contributed by atoms with Crippen LogP contribution in [-0.4, -0.2) is 29.4 Å². The molecule has 0 fully saturated rings. The summed E-state index contributed by atoms with van der Waals surface area (Å²) >= 11 is 0. The second kappa shape index (κ2) is 8.52. The number of ether oxygens (including phenoxy) is 1. The highest BCUT2D eigenvalue weighted by atomic mass is 16.5. The average molecular weight is 392 g/mol. The van der Waals surface area contributed by atoms with Crippen LogP contribution in [0.1, 0.15) is 38.8 Å². The van der Waals surface area contributed by atoms with Gasteiger partial charge < -0.3 is 10.1 Å². The molecule has 0 bridgehead atoms. The van der Waals surface area contributed by atoms with Gasteiger partial charge in [0.15, 0.2) is 0 Å². The molecule has 5 nitrogen and oxygen atoms in total. The van der Waals surface area contributed by atoms with Crippen molar-refractivity contribution in [1.29, 1.82) is 0 Å². The van der Waals surface area contributed by atoms with Crippen molar-refractivity contribution < 1.29 is 14.3 Å². The van der Waals surface area contributed by atoms with Crippen molar-refractivity contribution in [3.05, 3.63) is 65.4 Å². The van der Waals surface area contributed by atoms with Gasteiger partial charge in [0.1, 0.15) is 11.4 Å². The van der Waals surface area contributed by atoms with Gasteiger partial charge in [-0.1, -0.05) is 43.7 Å². The van der Waals surface area contributed by atoms with Crippen molar-refractivity contribution in [2.75, 3.05) is 11.9 Å². The quantitative estimate of drug-likeness (QED) is 0.698. The molecule has 1 N–H and O–H groups in total. The maximum Gasteiger partial charge on any atom is 0.278 e. The second-order valence-electron chi connectivity index (χ2n) is 8.04. The molecule has 0 aromatic heterocycles. The summed E-state index contributed by atoms with van der Waals surface area (Å²) in [6.07, 6.45) is 0. The van der Waals surface area contributed by atoms with Crippen LogP contribution < -0.4 is 10.1 Å². The number of carbonyl (C=O) groups excluding carboxylic acids is 2. The lowest BCUT2D eigenvalue weighted by Gasteiger charge is -2.19. The Balaban J connectivity index is 1.97. The fraction of sp³-hybridized carbons (Fsp3) is 0.333. The first-order valence-corrected chi connectivity index (χ1v) is 9.97. The smallest absolute Gasteiger partial charge is 0.278 e. The number of nitrogens with zero attached hydrogens (tertiary/aromatic N) is 1. The van der Waals surface area contributed by atoms with Crippen LogP contribution in [0.25, 0.3) is 5.57 Å². The Morgan fingerprint density at radius 3 is 2.07 bits per heavy atom. The normalized spacial score (nSPS) is 14.4. The Hall–Kier alpha value is -3.08. The van der Waals surface area contributed by atoms with E-state index in [-0.39, 0.29) is 17.9 Å². The van der Waals surface area contributed by atoms with E-state index in [2.05, 4.69) is 19.2 Å². The van der Waals surface area contributed by atoms with Crippen LogP contribution >= 0.6 is 0 Å². The summed E-state index contributed by atoms with van der Waals surface area (Å²) in [5.41, 5.74) is 3.28. The molecule has 2 aromatic carbocycles. The van der Waals surface area contributed by atoms with Crippen LogP contribution in [0.15, 0.2) is 54.2 Å². The number of amides is 2. The van der Waals surface area contributed by atoms with E-state index >= 15 is 0 Å². The maximum absolute atomic E-state index is 13.1. The third-order valence-corrected chi connectivity index (χ3v) is 4.68. The van der Waals surface area contributed by atoms with Crippen LogP contribution in [0.5, 0.6) is 5.75 Å². The van der Waals surface area contributed by atoms with Gasteiger partial charge in [0.05, 0.1) is 12.2 Å². The second-order valence-corrected chi connectivity index (χ2v) is 8.04. The van der Waals surface area contributed by atoms with Crippen LogP contribution in [0.4, 0.5) is 5.69 Å². The molecule has 2 amide bonds. The number of rotatable bonds is 7. The van der Waals surface area contributed by atoms with Gasteiger partial charge in [-0.05, 0) is 56.5 Å². The number of aryl methyl sites for hydroxylation is 1. The zero-order chi connectivity index (χ0) is 21.1. The molecular weight excluding hydrogens is 364 g/mol. The summed E-state index contributed by atoms with van der Waals surface area (Å²) in [7, 11) is 0. The maximum atomic E-state index is 13.1. The Morgan fingerprint density at radius 1 is 0.897 bits per heavy atom. The number of hydrogen-bond acceptors (Lipinski definition) is 4. The van der Waals surface area contributed by atoms with E-state index in [1.807, 2.05) is 69.3 Å². The number of benzene rings is 2. The molecule has 1 heterocycles. The van der Waals surface area contributed by atoms with E-state index in [4.69, 9.17) is 4.74 Å². The predicted octanol–water partition coefficient (Wildman–Crippen LogP) is 4.63. The first-order valence-electron chi connectivity index (χ1n) is 9.97. The van der Waals surface area contributed by atoms with E-state index in [0.29, 0.717) is 29.4 Å². The number of anilines is 1. The van der Waals surface area contributed by atoms with Crippen LogP contribution in [0.3, 0.4) is 0 Å². The van der Waals surface area contributed by atoms with Crippen molar-refractivity contribution >= 4 is 23.1 Å². The lowest BCUT2D eigenvalue weighted by Crippen LogP contribution is -2.38. The Bertz CT molecular complexity index is 926. The van der Waals surface area contributed by atoms with Crippen LogP contribution in [-0.2, 0) is 9.59 Å². The largest absolute Gasteiger partial charge is 0.493 e. The topological polar surface area (TPSA) is 58.6 Å². The van der Waals surface area contributed by atoms with Gasteiger partial charge in [0.2, 0.25) is 0 Å². The summed E-state index contributed by atoms with van der Waals surface area (Å²) in [5.74, 6) is 0.584. The van der Waals surface area contributed by atoms with Gasteiger partial charge in [0, 0.05) is 11.7 Å². The molecule has 0 spiro atoms. The van der Waals surface area contributed by atoms with Gasteiger partial charge in [0.25, 0.3) is 11.8 Å². The lowest BCUT2D eigenvalue weighted by molar-refractivity contribution is -0.138. The van der Waals surface area contributed by atoms with E-state index in [0.717, 1.165) is 17.0 Å². The fourth-order valence-corrected chi connectivity index (χ4v) is 3.16. The van der Waals surface area contributed by atoms with Gasteiger partial charge in [-0.3, -0.25) is 14.5 Å². The fourth-order valence-electron chi connectivity index (χ4n) is 3.16. The highest BCUT2D eigenvalue weighted by molar-refractivity contribution is 6.36. The van der Waals surface area contributed by atoms with Crippen LogP contribution in [0, 0.1) is 12.8 Å².